The molecule has 0 aliphatic heterocycles. The van der Waals surface area contributed by atoms with Crippen LogP contribution in [0.5, 0.6) is 0 Å². The maximum absolute atomic E-state index is 12.2. The van der Waals surface area contributed by atoms with E-state index >= 15 is 0 Å². The highest BCUT2D eigenvalue weighted by molar-refractivity contribution is 5.98. The highest BCUT2D eigenvalue weighted by Gasteiger charge is 2.29. The second-order valence-electron chi connectivity index (χ2n) is 5.08. The maximum atomic E-state index is 12.2. The summed E-state index contributed by atoms with van der Waals surface area (Å²) in [5.74, 6) is -0.654. The summed E-state index contributed by atoms with van der Waals surface area (Å²) >= 11 is 0. The fourth-order valence-corrected chi connectivity index (χ4v) is 2.37. The van der Waals surface area contributed by atoms with Gasteiger partial charge < -0.3 is 15.3 Å². The van der Waals surface area contributed by atoms with Crippen molar-refractivity contribution in [2.24, 2.45) is 11.8 Å². The van der Waals surface area contributed by atoms with Gasteiger partial charge in [-0.25, -0.2) is 0 Å². The molecule has 0 fully saturated rings. The lowest BCUT2D eigenvalue weighted by molar-refractivity contribution is -0.118. The summed E-state index contributed by atoms with van der Waals surface area (Å²) in [6.45, 7) is 1.92. The van der Waals surface area contributed by atoms with E-state index in [1.54, 1.807) is 12.2 Å². The highest BCUT2D eigenvalue weighted by Crippen LogP contribution is 2.30. The van der Waals surface area contributed by atoms with Crippen molar-refractivity contribution in [3.8, 4) is 0 Å². The molecule has 0 amide bonds. The number of aliphatic hydroxyl groups is 3. The number of rotatable bonds is 2. The smallest absolute Gasteiger partial charge is 0.165 e. The molecule has 0 aromatic heterocycles. The molecule has 4 heteroatoms. The molecule has 2 aliphatic carbocycles. The maximum Gasteiger partial charge on any atom is 0.165 e. The van der Waals surface area contributed by atoms with Gasteiger partial charge in [-0.2, -0.15) is 0 Å². The van der Waals surface area contributed by atoms with Crippen molar-refractivity contribution in [2.75, 3.05) is 0 Å². The van der Waals surface area contributed by atoms with Crippen LogP contribution < -0.4 is 0 Å². The predicted molar refractivity (Wildman–Crippen MR) is 67.0 cm³/mol. The molecular weight excluding hydrogens is 232 g/mol. The Morgan fingerprint density at radius 1 is 1.33 bits per heavy atom. The molecule has 0 heterocycles. The van der Waals surface area contributed by atoms with Crippen molar-refractivity contribution in [1.29, 1.82) is 0 Å². The van der Waals surface area contributed by atoms with Crippen LogP contribution in [-0.2, 0) is 4.79 Å². The first kappa shape index (κ1) is 12.9. The SMILES string of the molecule is CC1CC(C(=O)C2C=CC(O)=C(O)C2)=CCC1O. The van der Waals surface area contributed by atoms with Gasteiger partial charge in [-0.3, -0.25) is 4.79 Å². The highest BCUT2D eigenvalue weighted by atomic mass is 16.3. The average molecular weight is 250 g/mol. The molecule has 3 atom stereocenters. The lowest BCUT2D eigenvalue weighted by Crippen LogP contribution is -2.26. The predicted octanol–water partition coefficient (Wildman–Crippen LogP) is 2.18. The van der Waals surface area contributed by atoms with Crippen molar-refractivity contribution in [3.63, 3.8) is 0 Å². The first-order valence-corrected chi connectivity index (χ1v) is 6.19. The van der Waals surface area contributed by atoms with E-state index in [0.29, 0.717) is 12.8 Å². The molecule has 4 nitrogen and oxygen atoms in total. The summed E-state index contributed by atoms with van der Waals surface area (Å²) in [7, 11) is 0. The van der Waals surface area contributed by atoms with Gasteiger partial charge in [-0.05, 0) is 30.4 Å². The van der Waals surface area contributed by atoms with Gasteiger partial charge in [0.1, 0.15) is 5.76 Å². The summed E-state index contributed by atoms with van der Waals surface area (Å²) in [6.07, 6.45) is 5.62. The minimum atomic E-state index is -0.408. The largest absolute Gasteiger partial charge is 0.508 e. The molecule has 18 heavy (non-hydrogen) atoms. The van der Waals surface area contributed by atoms with Crippen molar-refractivity contribution in [3.05, 3.63) is 35.3 Å². The lowest BCUT2D eigenvalue weighted by atomic mass is 9.81. The molecule has 0 bridgehead atoms. The zero-order valence-electron chi connectivity index (χ0n) is 10.3. The Morgan fingerprint density at radius 3 is 2.67 bits per heavy atom. The second kappa shape index (κ2) is 4.98. The first-order chi connectivity index (χ1) is 8.49. The van der Waals surface area contributed by atoms with Crippen LogP contribution in [-0.4, -0.2) is 27.2 Å². The fourth-order valence-electron chi connectivity index (χ4n) is 2.37. The molecule has 0 aromatic carbocycles. The zero-order chi connectivity index (χ0) is 13.3. The van der Waals surface area contributed by atoms with E-state index in [0.717, 1.165) is 5.57 Å². The molecule has 2 rings (SSSR count). The van der Waals surface area contributed by atoms with Gasteiger partial charge in [0, 0.05) is 12.3 Å². The van der Waals surface area contributed by atoms with E-state index < -0.39 is 5.92 Å². The summed E-state index contributed by atoms with van der Waals surface area (Å²) in [5, 5.41) is 28.3. The number of hydrogen-bond donors (Lipinski definition) is 3. The Bertz CT molecular complexity index is 445. The molecule has 0 saturated carbocycles. The third-order valence-corrected chi connectivity index (χ3v) is 3.65. The van der Waals surface area contributed by atoms with Crippen LogP contribution >= 0.6 is 0 Å². The van der Waals surface area contributed by atoms with E-state index in [2.05, 4.69) is 0 Å². The molecule has 3 unspecified atom stereocenters. The van der Waals surface area contributed by atoms with E-state index in [1.807, 2.05) is 6.92 Å². The van der Waals surface area contributed by atoms with Crippen molar-refractivity contribution < 1.29 is 20.1 Å². The zero-order valence-corrected chi connectivity index (χ0v) is 10.3. The van der Waals surface area contributed by atoms with Crippen LogP contribution in [0.15, 0.2) is 35.3 Å². The molecule has 3 N–H and O–H groups in total. The second-order valence-corrected chi connectivity index (χ2v) is 5.08. The molecule has 0 spiro atoms. The standard InChI is InChI=1S/C14H18O4/c1-8-6-9(2-4-11(8)15)14(18)10-3-5-12(16)13(17)7-10/h2-3,5,8,10-11,15-17H,4,6-7H2,1H3. The molecule has 2 aliphatic rings. The van der Waals surface area contributed by atoms with Crippen molar-refractivity contribution in [1.82, 2.24) is 0 Å². The molecular formula is C14H18O4. The number of hydrogen-bond acceptors (Lipinski definition) is 4. The first-order valence-electron chi connectivity index (χ1n) is 6.19. The summed E-state index contributed by atoms with van der Waals surface area (Å²) in [4.78, 5) is 12.2. The van der Waals surface area contributed by atoms with Crippen LogP contribution in [0.1, 0.15) is 26.2 Å². The number of ketones is 1. The van der Waals surface area contributed by atoms with Gasteiger partial charge >= 0.3 is 0 Å². The number of aliphatic hydroxyl groups excluding tert-OH is 3. The van der Waals surface area contributed by atoms with Crippen LogP contribution in [0, 0.1) is 11.8 Å². The van der Waals surface area contributed by atoms with E-state index in [-0.39, 0.29) is 35.7 Å². The Morgan fingerprint density at radius 2 is 2.06 bits per heavy atom. The Kier molecular flexibility index (Phi) is 3.57. The summed E-state index contributed by atoms with van der Waals surface area (Å²) in [6, 6.07) is 0. The quantitative estimate of drug-likeness (QED) is 0.702. The Hall–Kier alpha value is -1.55. The van der Waals surface area contributed by atoms with Crippen LogP contribution in [0.2, 0.25) is 0 Å². The lowest BCUT2D eigenvalue weighted by Gasteiger charge is -2.26. The number of carbonyl (C=O) groups is 1. The summed E-state index contributed by atoms with van der Waals surface area (Å²) in [5.41, 5.74) is 0.719. The fraction of sp³-hybridized carbons (Fsp3) is 0.500. The van der Waals surface area contributed by atoms with E-state index in [4.69, 9.17) is 0 Å². The van der Waals surface area contributed by atoms with Gasteiger partial charge in [-0.15, -0.1) is 0 Å². The Balaban J connectivity index is 2.08. The van der Waals surface area contributed by atoms with Crippen LogP contribution in [0.4, 0.5) is 0 Å². The molecule has 0 radical (unpaired) electrons. The van der Waals surface area contributed by atoms with Gasteiger partial charge in [-0.1, -0.05) is 19.1 Å². The molecule has 0 aromatic rings. The van der Waals surface area contributed by atoms with E-state index in [9.17, 15) is 20.1 Å². The molecule has 98 valence electrons. The normalized spacial score (nSPS) is 32.3. The van der Waals surface area contributed by atoms with Gasteiger partial charge in [0.2, 0.25) is 0 Å². The topological polar surface area (TPSA) is 77.8 Å². The third-order valence-electron chi connectivity index (χ3n) is 3.65. The number of carbonyl (C=O) groups excluding carboxylic acids is 1. The van der Waals surface area contributed by atoms with Crippen LogP contribution in [0.25, 0.3) is 0 Å². The van der Waals surface area contributed by atoms with Gasteiger partial charge in [0.05, 0.1) is 6.10 Å². The van der Waals surface area contributed by atoms with Gasteiger partial charge in [0.15, 0.2) is 11.5 Å². The summed E-state index contributed by atoms with van der Waals surface area (Å²) < 4.78 is 0. The van der Waals surface area contributed by atoms with Crippen molar-refractivity contribution >= 4 is 5.78 Å². The Labute approximate surface area is 106 Å². The van der Waals surface area contributed by atoms with Crippen molar-refractivity contribution in [2.45, 2.75) is 32.3 Å². The number of allylic oxidation sites excluding steroid dienone is 4. The van der Waals surface area contributed by atoms with E-state index in [1.165, 1.54) is 6.08 Å². The minimum Gasteiger partial charge on any atom is -0.508 e. The monoisotopic (exact) mass is 250 g/mol. The van der Waals surface area contributed by atoms with Crippen LogP contribution in [0.3, 0.4) is 0 Å². The van der Waals surface area contributed by atoms with Gasteiger partial charge in [0.25, 0.3) is 0 Å². The average Bonchev–Trinajstić information content (AvgIpc) is 2.35. The number of Topliss-reactive ketones (excluding diaryl/α,β-unsaturated/α-hetero) is 1. The third kappa shape index (κ3) is 2.48. The molecule has 0 saturated heterocycles. The minimum absolute atomic E-state index is 0.0240.